The van der Waals surface area contributed by atoms with E-state index in [1.807, 2.05) is 48.5 Å². The number of urea groups is 1. The van der Waals surface area contributed by atoms with Crippen LogP contribution < -0.4 is 10.6 Å². The molecule has 126 valence electrons. The van der Waals surface area contributed by atoms with Crippen LogP contribution in [0.2, 0.25) is 0 Å². The molecule has 24 heavy (non-hydrogen) atoms. The fourth-order valence-electron chi connectivity index (χ4n) is 2.46. The zero-order valence-electron chi connectivity index (χ0n) is 13.4. The smallest absolute Gasteiger partial charge is 0.315 e. The van der Waals surface area contributed by atoms with Crippen molar-refractivity contribution in [2.24, 2.45) is 0 Å². The molecule has 0 aliphatic heterocycles. The fraction of sp³-hybridized carbons (Fsp3) is 0.263. The van der Waals surface area contributed by atoms with Crippen LogP contribution >= 0.6 is 0 Å². The number of nitrogens with one attached hydrogen (secondary N) is 2. The van der Waals surface area contributed by atoms with E-state index in [2.05, 4.69) is 22.8 Å². The Morgan fingerprint density at radius 1 is 0.958 bits per heavy atom. The summed E-state index contributed by atoms with van der Waals surface area (Å²) in [5.41, 5.74) is 2.24. The van der Waals surface area contributed by atoms with E-state index in [1.165, 1.54) is 5.56 Å². The van der Waals surface area contributed by atoms with Crippen LogP contribution in [0, 0.1) is 0 Å². The SMILES string of the molecule is O=C(O)CCNC(=O)NC(CCc1ccccc1)c1ccccc1. The third-order valence-corrected chi connectivity index (χ3v) is 3.70. The van der Waals surface area contributed by atoms with Gasteiger partial charge in [0.25, 0.3) is 0 Å². The molecule has 0 radical (unpaired) electrons. The quantitative estimate of drug-likeness (QED) is 0.697. The molecule has 2 aromatic carbocycles. The van der Waals surface area contributed by atoms with Gasteiger partial charge in [0.05, 0.1) is 12.5 Å². The summed E-state index contributed by atoms with van der Waals surface area (Å²) in [5.74, 6) is -0.931. The number of aryl methyl sites for hydroxylation is 1. The van der Waals surface area contributed by atoms with Crippen LogP contribution in [0.25, 0.3) is 0 Å². The van der Waals surface area contributed by atoms with Crippen LogP contribution in [0.3, 0.4) is 0 Å². The predicted octanol–water partition coefficient (Wildman–Crippen LogP) is 3.13. The van der Waals surface area contributed by atoms with Crippen molar-refractivity contribution >= 4 is 12.0 Å². The number of aliphatic carboxylic acids is 1. The van der Waals surface area contributed by atoms with Crippen LogP contribution in [0.4, 0.5) is 4.79 Å². The van der Waals surface area contributed by atoms with E-state index in [1.54, 1.807) is 0 Å². The van der Waals surface area contributed by atoms with Crippen molar-refractivity contribution in [3.8, 4) is 0 Å². The van der Waals surface area contributed by atoms with Gasteiger partial charge in [-0.15, -0.1) is 0 Å². The molecule has 0 fully saturated rings. The molecular weight excluding hydrogens is 304 g/mol. The lowest BCUT2D eigenvalue weighted by Gasteiger charge is -2.19. The highest BCUT2D eigenvalue weighted by atomic mass is 16.4. The first-order valence-electron chi connectivity index (χ1n) is 8.00. The second kappa shape index (κ2) is 9.35. The molecule has 3 N–H and O–H groups in total. The third kappa shape index (κ3) is 6.12. The second-order valence-electron chi connectivity index (χ2n) is 5.53. The number of carbonyl (C=O) groups excluding carboxylic acids is 1. The van der Waals surface area contributed by atoms with Gasteiger partial charge in [0.15, 0.2) is 0 Å². The molecule has 0 aliphatic rings. The van der Waals surface area contributed by atoms with Crippen molar-refractivity contribution in [1.29, 1.82) is 0 Å². The maximum absolute atomic E-state index is 12.0. The first kappa shape index (κ1) is 17.5. The molecule has 2 aromatic rings. The van der Waals surface area contributed by atoms with Crippen LogP contribution in [-0.4, -0.2) is 23.7 Å². The first-order valence-corrected chi connectivity index (χ1v) is 8.00. The minimum absolute atomic E-state index is 0.0898. The Bertz CT molecular complexity index is 644. The minimum Gasteiger partial charge on any atom is -0.481 e. The first-order chi connectivity index (χ1) is 11.6. The van der Waals surface area contributed by atoms with Gasteiger partial charge in [-0.1, -0.05) is 60.7 Å². The molecule has 1 unspecified atom stereocenters. The lowest BCUT2D eigenvalue weighted by molar-refractivity contribution is -0.136. The molecule has 0 aliphatic carbocycles. The van der Waals surface area contributed by atoms with Gasteiger partial charge in [-0.25, -0.2) is 4.79 Å². The number of hydrogen-bond donors (Lipinski definition) is 3. The number of rotatable bonds is 8. The largest absolute Gasteiger partial charge is 0.481 e. The van der Waals surface area contributed by atoms with Crippen molar-refractivity contribution in [3.63, 3.8) is 0 Å². The summed E-state index contributed by atoms with van der Waals surface area (Å²) in [4.78, 5) is 22.5. The lowest BCUT2D eigenvalue weighted by Crippen LogP contribution is -2.39. The molecule has 0 heterocycles. The number of hydrogen-bond acceptors (Lipinski definition) is 2. The highest BCUT2D eigenvalue weighted by molar-refractivity contribution is 5.75. The van der Waals surface area contributed by atoms with Gasteiger partial charge in [0, 0.05) is 6.54 Å². The summed E-state index contributed by atoms with van der Waals surface area (Å²) < 4.78 is 0. The van der Waals surface area contributed by atoms with E-state index in [0.717, 1.165) is 18.4 Å². The summed E-state index contributed by atoms with van der Waals surface area (Å²) in [5, 5.41) is 14.1. The highest BCUT2D eigenvalue weighted by Gasteiger charge is 2.14. The molecule has 5 heteroatoms. The van der Waals surface area contributed by atoms with Gasteiger partial charge < -0.3 is 15.7 Å². The zero-order valence-corrected chi connectivity index (χ0v) is 13.4. The van der Waals surface area contributed by atoms with Gasteiger partial charge in [-0.05, 0) is 24.0 Å². The van der Waals surface area contributed by atoms with Gasteiger partial charge in [0.1, 0.15) is 0 Å². The Morgan fingerprint density at radius 3 is 2.21 bits per heavy atom. The Hall–Kier alpha value is -2.82. The monoisotopic (exact) mass is 326 g/mol. The lowest BCUT2D eigenvalue weighted by atomic mass is 9.99. The fourth-order valence-corrected chi connectivity index (χ4v) is 2.46. The molecule has 0 saturated carbocycles. The van der Waals surface area contributed by atoms with E-state index < -0.39 is 5.97 Å². The summed E-state index contributed by atoms with van der Waals surface area (Å²) in [6, 6.07) is 19.4. The molecule has 0 saturated heterocycles. The highest BCUT2D eigenvalue weighted by Crippen LogP contribution is 2.19. The Balaban J connectivity index is 1.95. The standard InChI is InChI=1S/C19H22N2O3/c22-18(23)13-14-20-19(24)21-17(16-9-5-2-6-10-16)12-11-15-7-3-1-4-8-15/h1-10,17H,11-14H2,(H,22,23)(H2,20,21,24). The van der Waals surface area contributed by atoms with Crippen molar-refractivity contribution in [2.45, 2.75) is 25.3 Å². The van der Waals surface area contributed by atoms with Crippen LogP contribution in [-0.2, 0) is 11.2 Å². The van der Waals surface area contributed by atoms with Gasteiger partial charge in [-0.3, -0.25) is 4.79 Å². The normalized spacial score (nSPS) is 11.5. The molecule has 2 amide bonds. The van der Waals surface area contributed by atoms with Crippen molar-refractivity contribution < 1.29 is 14.7 Å². The molecule has 2 rings (SSSR count). The van der Waals surface area contributed by atoms with E-state index in [9.17, 15) is 9.59 Å². The average Bonchev–Trinajstić information content (AvgIpc) is 2.60. The predicted molar refractivity (Wildman–Crippen MR) is 92.7 cm³/mol. The number of amides is 2. The summed E-state index contributed by atoms with van der Waals surface area (Å²) >= 11 is 0. The second-order valence-corrected chi connectivity index (χ2v) is 5.53. The van der Waals surface area contributed by atoms with Crippen LogP contribution in [0.5, 0.6) is 0 Å². The Kier molecular flexibility index (Phi) is 6.83. The summed E-state index contributed by atoms with van der Waals surface area (Å²) in [7, 11) is 0. The minimum atomic E-state index is -0.931. The average molecular weight is 326 g/mol. The van der Waals surface area contributed by atoms with Crippen molar-refractivity contribution in [3.05, 3.63) is 71.8 Å². The zero-order chi connectivity index (χ0) is 17.2. The maximum atomic E-state index is 12.0. The maximum Gasteiger partial charge on any atom is 0.315 e. The number of benzene rings is 2. The van der Waals surface area contributed by atoms with E-state index in [0.29, 0.717) is 0 Å². The van der Waals surface area contributed by atoms with Crippen molar-refractivity contribution in [1.82, 2.24) is 10.6 Å². The molecule has 5 nitrogen and oxygen atoms in total. The number of carboxylic acid groups (broad SMARTS) is 1. The van der Waals surface area contributed by atoms with Gasteiger partial charge >= 0.3 is 12.0 Å². The number of carboxylic acids is 1. The molecule has 0 bridgehead atoms. The third-order valence-electron chi connectivity index (χ3n) is 3.70. The van der Waals surface area contributed by atoms with E-state index in [4.69, 9.17) is 5.11 Å². The number of carbonyl (C=O) groups is 2. The molecular formula is C19H22N2O3. The van der Waals surface area contributed by atoms with Crippen LogP contribution in [0.15, 0.2) is 60.7 Å². The van der Waals surface area contributed by atoms with Crippen molar-refractivity contribution in [2.75, 3.05) is 6.54 Å². The Labute approximate surface area is 141 Å². The summed E-state index contributed by atoms with van der Waals surface area (Å²) in [6.45, 7) is 0.112. The van der Waals surface area contributed by atoms with Crippen LogP contribution in [0.1, 0.15) is 30.0 Å². The molecule has 0 spiro atoms. The molecule has 0 aromatic heterocycles. The van der Waals surface area contributed by atoms with E-state index in [-0.39, 0.29) is 25.0 Å². The topological polar surface area (TPSA) is 78.4 Å². The van der Waals surface area contributed by atoms with Gasteiger partial charge in [-0.2, -0.15) is 0 Å². The Morgan fingerprint density at radius 2 is 1.58 bits per heavy atom. The summed E-state index contributed by atoms with van der Waals surface area (Å²) in [6.07, 6.45) is 1.52. The van der Waals surface area contributed by atoms with Gasteiger partial charge in [0.2, 0.25) is 0 Å². The van der Waals surface area contributed by atoms with E-state index >= 15 is 0 Å². The molecule has 1 atom stereocenters.